The zero-order valence-electron chi connectivity index (χ0n) is 5.67. The minimum atomic E-state index is 0.207. The van der Waals surface area contributed by atoms with Crippen LogP contribution in [0.4, 0.5) is 0 Å². The lowest BCUT2D eigenvalue weighted by Crippen LogP contribution is -2.28. The molecule has 3 heteroatoms. The average Bonchev–Trinajstić information content (AvgIpc) is 1.90. The van der Waals surface area contributed by atoms with Gasteiger partial charge in [-0.2, -0.15) is 0 Å². The van der Waals surface area contributed by atoms with E-state index in [4.69, 9.17) is 4.74 Å². The Morgan fingerprint density at radius 3 is 2.33 bits per heavy atom. The Morgan fingerprint density at radius 2 is 2.00 bits per heavy atom. The van der Waals surface area contributed by atoms with E-state index in [2.05, 4.69) is 0 Å². The SMILES string of the molecule is C[N+](=O)C1CCOCC1. The standard InChI is InChI=1S/C6H12NO2/c1-7(8)6-2-4-9-5-3-6/h6H,2-5H2,1H3/q+1. The van der Waals surface area contributed by atoms with Gasteiger partial charge in [-0.15, -0.1) is 0 Å². The Balaban J connectivity index is 2.31. The summed E-state index contributed by atoms with van der Waals surface area (Å²) in [5.41, 5.74) is 0. The van der Waals surface area contributed by atoms with Crippen molar-refractivity contribution in [3.05, 3.63) is 4.91 Å². The zero-order valence-corrected chi connectivity index (χ0v) is 5.67. The lowest BCUT2D eigenvalue weighted by molar-refractivity contribution is -0.564. The Kier molecular flexibility index (Phi) is 2.16. The number of nitroso groups, excluding NO2 is 1. The molecule has 0 spiro atoms. The van der Waals surface area contributed by atoms with Crippen molar-refractivity contribution < 1.29 is 9.50 Å². The van der Waals surface area contributed by atoms with Crippen LogP contribution in [-0.2, 0) is 4.74 Å². The number of hydrogen-bond acceptors (Lipinski definition) is 2. The van der Waals surface area contributed by atoms with Gasteiger partial charge < -0.3 is 4.74 Å². The van der Waals surface area contributed by atoms with E-state index >= 15 is 0 Å². The van der Waals surface area contributed by atoms with Gasteiger partial charge >= 0.3 is 0 Å². The molecule has 0 radical (unpaired) electrons. The van der Waals surface area contributed by atoms with Crippen LogP contribution in [0.1, 0.15) is 12.8 Å². The molecule has 1 rings (SSSR count). The van der Waals surface area contributed by atoms with Gasteiger partial charge in [-0.25, -0.2) is 0 Å². The molecule has 0 saturated carbocycles. The summed E-state index contributed by atoms with van der Waals surface area (Å²) in [6.07, 6.45) is 1.78. The molecule has 0 atom stereocenters. The molecule has 52 valence electrons. The molecule has 9 heavy (non-hydrogen) atoms. The molecule has 0 aliphatic carbocycles. The largest absolute Gasteiger partial charge is 0.381 e. The van der Waals surface area contributed by atoms with E-state index in [-0.39, 0.29) is 6.04 Å². The van der Waals surface area contributed by atoms with E-state index in [1.54, 1.807) is 7.05 Å². The van der Waals surface area contributed by atoms with Crippen LogP contribution in [0.3, 0.4) is 0 Å². The molecular formula is C6H12NO2+. The van der Waals surface area contributed by atoms with Crippen LogP contribution < -0.4 is 0 Å². The third kappa shape index (κ3) is 1.75. The fourth-order valence-corrected chi connectivity index (χ4v) is 1.05. The van der Waals surface area contributed by atoms with Crippen LogP contribution in [0.2, 0.25) is 0 Å². The maximum absolute atomic E-state index is 10.7. The third-order valence-corrected chi connectivity index (χ3v) is 1.71. The van der Waals surface area contributed by atoms with Crippen LogP contribution in [0, 0.1) is 4.91 Å². The van der Waals surface area contributed by atoms with Crippen molar-refractivity contribution in [2.75, 3.05) is 20.3 Å². The second kappa shape index (κ2) is 2.92. The van der Waals surface area contributed by atoms with E-state index in [9.17, 15) is 4.91 Å². The van der Waals surface area contributed by atoms with E-state index in [0.717, 1.165) is 30.8 Å². The Morgan fingerprint density at radius 1 is 1.44 bits per heavy atom. The Bertz CT molecular complexity index is 108. The van der Waals surface area contributed by atoms with Gasteiger partial charge in [-0.3, -0.25) is 0 Å². The summed E-state index contributed by atoms with van der Waals surface area (Å²) in [5.74, 6) is 0. The molecule has 1 saturated heterocycles. The summed E-state index contributed by atoms with van der Waals surface area (Å²) < 4.78 is 6.11. The van der Waals surface area contributed by atoms with Gasteiger partial charge in [-0.1, -0.05) is 0 Å². The maximum atomic E-state index is 10.7. The summed E-state index contributed by atoms with van der Waals surface area (Å²) >= 11 is 0. The molecule has 1 aliphatic rings. The van der Waals surface area contributed by atoms with Gasteiger partial charge in [0.05, 0.1) is 13.2 Å². The summed E-state index contributed by atoms with van der Waals surface area (Å²) in [6, 6.07) is 0.207. The minimum absolute atomic E-state index is 0.207. The summed E-state index contributed by atoms with van der Waals surface area (Å²) in [7, 11) is 1.58. The fraction of sp³-hybridized carbons (Fsp3) is 1.00. The predicted octanol–water partition coefficient (Wildman–Crippen LogP) is 0.574. The van der Waals surface area contributed by atoms with Crippen molar-refractivity contribution in [2.45, 2.75) is 18.9 Å². The van der Waals surface area contributed by atoms with Crippen molar-refractivity contribution in [3.63, 3.8) is 0 Å². The highest BCUT2D eigenvalue weighted by atomic mass is 16.5. The van der Waals surface area contributed by atoms with Gasteiger partial charge in [0, 0.05) is 17.7 Å². The third-order valence-electron chi connectivity index (χ3n) is 1.71. The highest BCUT2D eigenvalue weighted by molar-refractivity contribution is 4.59. The molecule has 0 bridgehead atoms. The molecular weight excluding hydrogens is 118 g/mol. The second-order valence-electron chi connectivity index (χ2n) is 2.39. The molecule has 0 aromatic rings. The number of hydrogen-bond donors (Lipinski definition) is 0. The normalized spacial score (nSPS) is 21.9. The van der Waals surface area contributed by atoms with E-state index in [0.29, 0.717) is 0 Å². The topological polar surface area (TPSA) is 29.3 Å². The minimum Gasteiger partial charge on any atom is -0.381 e. The van der Waals surface area contributed by atoms with Gasteiger partial charge in [0.15, 0.2) is 7.05 Å². The summed E-state index contributed by atoms with van der Waals surface area (Å²) in [4.78, 5) is 10.7. The van der Waals surface area contributed by atoms with Crippen LogP contribution in [0.5, 0.6) is 0 Å². The van der Waals surface area contributed by atoms with Crippen LogP contribution >= 0.6 is 0 Å². The lowest BCUT2D eigenvalue weighted by atomic mass is 10.1. The summed E-state index contributed by atoms with van der Waals surface area (Å²) in [6.45, 7) is 1.49. The molecule has 0 aromatic heterocycles. The first kappa shape index (κ1) is 6.68. The summed E-state index contributed by atoms with van der Waals surface area (Å²) in [5, 5.41) is 0. The highest BCUT2D eigenvalue weighted by Gasteiger charge is 2.23. The quantitative estimate of drug-likeness (QED) is 0.486. The van der Waals surface area contributed by atoms with Crippen molar-refractivity contribution in [1.82, 2.24) is 0 Å². The fourth-order valence-electron chi connectivity index (χ4n) is 1.05. The van der Waals surface area contributed by atoms with E-state index in [1.807, 2.05) is 0 Å². The molecule has 3 nitrogen and oxygen atoms in total. The second-order valence-corrected chi connectivity index (χ2v) is 2.39. The average molecular weight is 130 g/mol. The Hall–Kier alpha value is -0.440. The molecule has 1 aliphatic heterocycles. The van der Waals surface area contributed by atoms with E-state index in [1.165, 1.54) is 0 Å². The molecule has 0 unspecified atom stereocenters. The van der Waals surface area contributed by atoms with Gasteiger partial charge in [0.25, 0.3) is 0 Å². The first-order chi connectivity index (χ1) is 4.30. The first-order valence-electron chi connectivity index (χ1n) is 3.28. The molecule has 1 heterocycles. The predicted molar refractivity (Wildman–Crippen MR) is 33.4 cm³/mol. The Labute approximate surface area is 54.6 Å². The number of nitrogens with zero attached hydrogens (tertiary/aromatic N) is 1. The number of rotatable bonds is 1. The van der Waals surface area contributed by atoms with Gasteiger partial charge in [0.1, 0.15) is 0 Å². The molecule has 0 aromatic carbocycles. The van der Waals surface area contributed by atoms with Gasteiger partial charge in [-0.05, 0) is 4.76 Å². The van der Waals surface area contributed by atoms with Crippen molar-refractivity contribution in [1.29, 1.82) is 0 Å². The molecule has 0 N–H and O–H groups in total. The van der Waals surface area contributed by atoms with Crippen molar-refractivity contribution in [3.8, 4) is 0 Å². The molecule has 0 amide bonds. The van der Waals surface area contributed by atoms with Crippen molar-refractivity contribution in [2.24, 2.45) is 0 Å². The van der Waals surface area contributed by atoms with E-state index < -0.39 is 0 Å². The van der Waals surface area contributed by atoms with Crippen LogP contribution in [0.15, 0.2) is 0 Å². The zero-order chi connectivity index (χ0) is 6.69. The highest BCUT2D eigenvalue weighted by Crippen LogP contribution is 2.08. The van der Waals surface area contributed by atoms with Crippen LogP contribution in [-0.4, -0.2) is 31.1 Å². The van der Waals surface area contributed by atoms with Crippen molar-refractivity contribution >= 4 is 0 Å². The van der Waals surface area contributed by atoms with Gasteiger partial charge in [0.2, 0.25) is 6.04 Å². The molecule has 1 fully saturated rings. The number of ether oxygens (including phenoxy) is 1. The maximum Gasteiger partial charge on any atom is 0.205 e. The van der Waals surface area contributed by atoms with Crippen LogP contribution in [0.25, 0.3) is 0 Å². The first-order valence-corrected chi connectivity index (χ1v) is 3.28. The lowest BCUT2D eigenvalue weighted by Gasteiger charge is -2.13. The smallest absolute Gasteiger partial charge is 0.205 e. The monoisotopic (exact) mass is 130 g/mol.